The van der Waals surface area contributed by atoms with Gasteiger partial charge in [-0.15, -0.1) is 0 Å². The zero-order chi connectivity index (χ0) is 91.8. The van der Waals surface area contributed by atoms with Gasteiger partial charge in [-0.2, -0.15) is 9.59 Å². The van der Waals surface area contributed by atoms with Gasteiger partial charge in [-0.05, 0) is 334 Å². The maximum absolute atomic E-state index is 11.9. The molecule has 3 aromatic heterocycles. The summed E-state index contributed by atoms with van der Waals surface area (Å²) in [5.74, 6) is 11.8. The first-order valence-electron chi connectivity index (χ1n) is 48.1. The Balaban J connectivity index is 0.00000172. The third-order valence-corrected chi connectivity index (χ3v) is 36.3. The predicted octanol–water partition coefficient (Wildman–Crippen LogP) is 9.30. The molecule has 12 saturated carbocycles. The molecule has 0 bridgehead atoms. The van der Waals surface area contributed by atoms with Crippen LogP contribution >= 0.6 is 22.6 Å². The van der Waals surface area contributed by atoms with Crippen molar-refractivity contribution in [3.8, 4) is 11.8 Å². The summed E-state index contributed by atoms with van der Waals surface area (Å²) in [7, 11) is 1.35. The van der Waals surface area contributed by atoms with Crippen LogP contribution in [0.4, 0.5) is 0 Å². The summed E-state index contributed by atoms with van der Waals surface area (Å²) >= 11 is 2.53. The van der Waals surface area contributed by atoms with E-state index in [1.807, 2.05) is 50.2 Å². The molecule has 0 amide bonds. The molecule has 12 aliphatic carbocycles. The molecule has 28 heteroatoms. The molecule has 0 saturated heterocycles. The molecule has 23 nitrogen and oxygen atoms in total. The van der Waals surface area contributed by atoms with Crippen molar-refractivity contribution in [3.63, 3.8) is 0 Å². The average Bonchev–Trinajstić information content (AvgIpc) is 1.68. The number of hydrogen-bond acceptors (Lipinski definition) is 21. The summed E-state index contributed by atoms with van der Waals surface area (Å²) in [5.41, 5.74) is 1.64. The Hall–Kier alpha value is 0.0756. The SMILES string of the molecule is CC.CC(=O)O.CC[C@H]1[C@@H](O)[C@@H]2[C@H](CC[C@]3(C)[C@@H]([C@H](C)CCOc4ccccn4)CC[C@@H]23)[C@@]2(C)CC[C@@H](O)C[C@@H]12.CC[C@H]1[C@@H](OC=O)[C@@H]2[C@H](CC[C@]3(C)[C@@H]([C@H](C)CCI)CC[C@@H]23)[C@@]2(C)CC[C@@H](OC=O)C[C@@H]12.CC[C@H]1[C@@H](OC=O)[C@@H]2[C@H](CC[C@]3(C)[C@@H]([C@H](C)CCOc4ccccn4)CC[C@@H]23)[C@@]2(C)CC[C@@H](OC=O)C[C@@H]12.COC(C)=O.O=C=O.O=c1cccc[nH]1.[CH3-].[CH3-].[CH3-].[Na+].[OH-].[Rb+].[Rb+].[Rb+]. The molecule has 734 valence electrons. The minimum atomic E-state index is -0.833. The molecule has 0 unspecified atom stereocenters. The van der Waals surface area contributed by atoms with Crippen molar-refractivity contribution < 1.29 is 296 Å². The van der Waals surface area contributed by atoms with Crippen LogP contribution in [0.15, 0.2) is 78.0 Å². The van der Waals surface area contributed by atoms with E-state index in [0.29, 0.717) is 155 Å². The summed E-state index contributed by atoms with van der Waals surface area (Å²) < 4.78 is 40.3. The smallest absolute Gasteiger partial charge is 0.870 e. The number of hydrogen-bond donors (Lipinski definition) is 4. The third-order valence-electron chi connectivity index (χ3n) is 35.7. The normalized spacial score (nSPS) is 36.8. The summed E-state index contributed by atoms with van der Waals surface area (Å²) in [5, 5.41) is 29.8. The van der Waals surface area contributed by atoms with Crippen molar-refractivity contribution in [2.24, 2.45) is 157 Å². The Morgan fingerprint density at radius 1 is 0.496 bits per heavy atom. The zero-order valence-electron chi connectivity index (χ0n) is 86.1. The Kier molecular flexibility index (Phi) is 63.5. The molecule has 15 rings (SSSR count). The van der Waals surface area contributed by atoms with E-state index in [2.05, 4.69) is 125 Å². The predicted molar refractivity (Wildman–Crippen MR) is 510 cm³/mol. The topological polar surface area (TPSA) is 350 Å². The first kappa shape index (κ1) is 133. The van der Waals surface area contributed by atoms with Crippen LogP contribution in [0, 0.1) is 179 Å². The van der Waals surface area contributed by atoms with Crippen LogP contribution < -0.4 is 219 Å². The summed E-state index contributed by atoms with van der Waals surface area (Å²) in [6, 6.07) is 16.6. The van der Waals surface area contributed by atoms with E-state index < -0.39 is 5.97 Å². The Bertz CT molecular complexity index is 3890. The number of esters is 1. The second-order valence-electron chi connectivity index (χ2n) is 40.7. The van der Waals surface area contributed by atoms with E-state index in [1.54, 1.807) is 30.7 Å². The van der Waals surface area contributed by atoms with Gasteiger partial charge >= 0.3 is 216 Å². The number of ether oxygens (including phenoxy) is 7. The number of aliphatic hydroxyl groups is 2. The van der Waals surface area contributed by atoms with Crippen molar-refractivity contribution in [2.75, 3.05) is 24.8 Å². The Morgan fingerprint density at radius 3 is 1.13 bits per heavy atom. The average molecular weight is 2200 g/mol. The first-order valence-corrected chi connectivity index (χ1v) is 49.6. The van der Waals surface area contributed by atoms with Gasteiger partial charge in [-0.3, -0.25) is 33.6 Å². The minimum absolute atomic E-state index is 0. The number of H-pyrrole nitrogens is 1. The molecule has 0 aromatic carbocycles. The molecule has 12 fully saturated rings. The molecular formula is C105H168IN3NaO20Rb3. The quantitative estimate of drug-likeness (QED) is 0.0123. The molecule has 5 N–H and O–H groups in total. The van der Waals surface area contributed by atoms with Gasteiger partial charge in [0.05, 0.1) is 32.5 Å². The third kappa shape index (κ3) is 31.6. The fourth-order valence-corrected chi connectivity index (χ4v) is 31.3. The van der Waals surface area contributed by atoms with Crippen LogP contribution in [0.3, 0.4) is 0 Å². The molecule has 133 heavy (non-hydrogen) atoms. The van der Waals surface area contributed by atoms with E-state index in [4.69, 9.17) is 47.9 Å². The van der Waals surface area contributed by atoms with Crippen LogP contribution in [0.5, 0.6) is 11.8 Å². The number of nitrogens with one attached hydrogen (secondary N) is 1. The molecule has 33 atom stereocenters. The number of aliphatic hydroxyl groups excluding tert-OH is 2. The van der Waals surface area contributed by atoms with Gasteiger partial charge in [0.25, 0.3) is 31.9 Å². The van der Waals surface area contributed by atoms with Gasteiger partial charge in [-0.25, -0.2) is 9.97 Å². The number of halogens is 1. The Morgan fingerprint density at radius 2 is 0.820 bits per heavy atom. The van der Waals surface area contributed by atoms with Crippen LogP contribution in [-0.4, -0.2) is 141 Å². The minimum Gasteiger partial charge on any atom is -0.870 e. The number of fused-ring (bicyclic) bond motifs is 15. The number of aliphatic carboxylic acids is 1. The maximum Gasteiger partial charge on any atom is 1.00 e. The molecule has 3 heterocycles. The second-order valence-corrected chi connectivity index (χ2v) is 41.8. The largest absolute Gasteiger partial charge is 1.00 e. The number of aromatic nitrogens is 3. The van der Waals surface area contributed by atoms with Gasteiger partial charge in [0, 0.05) is 62.5 Å². The number of alkyl halides is 1. The van der Waals surface area contributed by atoms with Crippen LogP contribution in [0.2, 0.25) is 0 Å². The molecular weight excluding hydrogens is 2030 g/mol. The number of nitrogens with zero attached hydrogens (tertiary/aromatic N) is 2. The van der Waals surface area contributed by atoms with E-state index in [0.717, 1.165) is 128 Å². The van der Waals surface area contributed by atoms with Crippen LogP contribution in [0.1, 0.15) is 284 Å². The Labute approximate surface area is 983 Å². The molecule has 0 aliphatic heterocycles. The number of carbonyl (C=O) groups excluding carboxylic acids is 7. The van der Waals surface area contributed by atoms with Crippen molar-refractivity contribution in [1.29, 1.82) is 0 Å². The number of carbonyl (C=O) groups is 6. The van der Waals surface area contributed by atoms with Gasteiger partial charge in [0.1, 0.15) is 24.4 Å². The maximum atomic E-state index is 11.9. The van der Waals surface area contributed by atoms with Crippen molar-refractivity contribution in [2.45, 2.75) is 321 Å². The van der Waals surface area contributed by atoms with Crippen LogP contribution in [-0.2, 0) is 62.0 Å². The van der Waals surface area contributed by atoms with Crippen molar-refractivity contribution >= 4 is 66.6 Å². The van der Waals surface area contributed by atoms with E-state index in [9.17, 15) is 39.0 Å². The summed E-state index contributed by atoms with van der Waals surface area (Å²) in [6.45, 7) is 39.9. The molecule has 3 aromatic rings. The van der Waals surface area contributed by atoms with Gasteiger partial charge in [-0.1, -0.05) is 144 Å². The molecule has 12 aliphatic rings. The fraction of sp³-hybridized carbons (Fsp3) is 0.762. The number of methoxy groups -OCH3 is 1. The van der Waals surface area contributed by atoms with Crippen molar-refractivity contribution in [1.82, 2.24) is 15.0 Å². The van der Waals surface area contributed by atoms with Gasteiger partial charge in [0.15, 0.2) is 0 Å². The number of pyridine rings is 3. The number of aromatic amines is 1. The van der Waals surface area contributed by atoms with Gasteiger partial charge < -0.3 is 81.2 Å². The first-order chi connectivity index (χ1) is 59.8. The second kappa shape index (κ2) is 63.5. The summed E-state index contributed by atoms with van der Waals surface area (Å²) in [6.07, 6.45) is 35.6. The number of rotatable bonds is 24. The summed E-state index contributed by atoms with van der Waals surface area (Å²) in [4.78, 5) is 102. The molecule has 0 spiro atoms. The van der Waals surface area contributed by atoms with E-state index in [-0.39, 0.29) is 308 Å². The van der Waals surface area contributed by atoms with E-state index >= 15 is 0 Å². The van der Waals surface area contributed by atoms with E-state index in [1.165, 1.54) is 108 Å². The molecule has 0 radical (unpaired) electrons. The van der Waals surface area contributed by atoms with Gasteiger partial charge in [0.2, 0.25) is 17.3 Å². The number of carboxylic acids is 1. The standard InChI is InChI=1S/C32H47NO5.C30H47NO3.C27H43IO4.C5H5NO.C3H6O2.C2H4O2.C2H6.CO2.3CH3.Na.H2O.3Rb/c1-5-23-27-18-22(37-19-34)11-14-32(27,4)26-12-15-31(3)24(9-10-25(31)29(26)30(23)38-20-35)21(2)13-17-36-28-8-6-7-16-33-28;1-5-21-25-18-20(32)11-14-30(25,4)24-12-15-29(3)22(9-10-23(29)27(24)28(21)33)19(2)13-17-34-26-8-6-7-16-31-26;1-5-19-23-14-18(31-15-29)8-11-27(23,4)22-9-12-26(3)20(17(2)10-13-28)6-7-21(26)24(22)25(19)32-16-30;7-5-3-1-2-4-6-5;1-3(4)5-2;1-2(3)4;1-2;2-1-3;;;;;;;;/h6-8,16,19-27,29-30H,5,9-15,17-18H2,1-4H3;6-8,16,19-25,27-28,32-33H,5,9-15,17-18H2,1-4H3;15-25H,5-14H2,1-4H3;1-4H,(H,6,7);1-2H3;1H3,(H,3,4);1-2H3;;3*1H3;;1H2;;;/q;;;;;;;;3*-1;+1;;3*+1/p-1/t21-,22-,23-,24-,25+,26+,27+,29+,30-,31-,32-;19-,20-,21-,22-,23+,24+,25+,27+,28-,29-,30-;17-,18-,19-,20-,21+,22+,23+,24+,25-,26-,27-;;;;;;;;;;;;;/m111............./s1. The van der Waals surface area contributed by atoms with Crippen LogP contribution in [0.25, 0.3) is 0 Å². The fourth-order valence-electron chi connectivity index (χ4n) is 30.3. The van der Waals surface area contributed by atoms with Crippen molar-refractivity contribution in [3.05, 3.63) is 106 Å². The zero-order valence-corrected chi connectivity index (χ0v) is 105. The monoisotopic (exact) mass is 2200 g/mol. The number of carboxylic acid groups (broad SMARTS) is 1.